The van der Waals surface area contributed by atoms with Crippen molar-refractivity contribution in [3.63, 3.8) is 0 Å². The second-order valence-corrected chi connectivity index (χ2v) is 6.52. The van der Waals surface area contributed by atoms with Crippen molar-refractivity contribution in [3.8, 4) is 0 Å². The third-order valence-electron chi connectivity index (χ3n) is 3.20. The summed E-state index contributed by atoms with van der Waals surface area (Å²) in [6, 6.07) is 0. The fraction of sp³-hybridized carbons (Fsp3) is 0.385. The largest absolute Gasteiger partial charge is 0.368 e. The third kappa shape index (κ3) is 3.02. The highest BCUT2D eigenvalue weighted by Gasteiger charge is 2.17. The molecule has 1 atom stereocenters. The van der Waals surface area contributed by atoms with E-state index in [9.17, 15) is 0 Å². The average molecular weight is 331 g/mol. The van der Waals surface area contributed by atoms with Crippen LogP contribution in [0.3, 0.4) is 0 Å². The number of hydrogen-bond donors (Lipinski definition) is 1. The van der Waals surface area contributed by atoms with Gasteiger partial charge in [0.25, 0.3) is 0 Å². The molecule has 9 nitrogen and oxygen atoms in total. The highest BCUT2D eigenvalue weighted by molar-refractivity contribution is 7.99. The summed E-state index contributed by atoms with van der Waals surface area (Å²) in [5.41, 5.74) is 6.58. The number of rotatable bonds is 4. The molecule has 120 valence electrons. The Bertz CT molecular complexity index is 845. The summed E-state index contributed by atoms with van der Waals surface area (Å²) in [5.74, 6) is 1.36. The topological polar surface area (TPSA) is 112 Å². The predicted octanol–water partition coefficient (Wildman–Crippen LogP) is 1.05. The van der Waals surface area contributed by atoms with Crippen LogP contribution in [0, 0.1) is 0 Å². The molecule has 0 fully saturated rings. The Morgan fingerprint density at radius 1 is 1.22 bits per heavy atom. The van der Waals surface area contributed by atoms with Gasteiger partial charge in [-0.3, -0.25) is 4.68 Å². The van der Waals surface area contributed by atoms with Crippen LogP contribution in [0.5, 0.6) is 0 Å². The molecule has 0 aliphatic carbocycles. The van der Waals surface area contributed by atoms with Crippen LogP contribution >= 0.6 is 11.8 Å². The van der Waals surface area contributed by atoms with Gasteiger partial charge < -0.3 is 10.6 Å². The van der Waals surface area contributed by atoms with Crippen LogP contribution in [-0.4, -0.2) is 48.8 Å². The van der Waals surface area contributed by atoms with Crippen LogP contribution in [0.2, 0.25) is 0 Å². The van der Waals surface area contributed by atoms with Crippen molar-refractivity contribution in [2.24, 2.45) is 7.05 Å². The third-order valence-corrected chi connectivity index (χ3v) is 4.32. The van der Waals surface area contributed by atoms with E-state index in [0.29, 0.717) is 11.8 Å². The first-order valence-electron chi connectivity index (χ1n) is 6.94. The number of nitrogens with zero attached hydrogens (tertiary/aromatic N) is 8. The molecule has 2 N–H and O–H groups in total. The standard InChI is InChI=1S/C13H17N9S/c1-7(9-18-12(14)20-13(19-9)21(2)3)23-11-8-5-17-22(4)10(8)15-6-16-11/h5-7H,1-4H3,(H2,14,18,19,20). The van der Waals surface area contributed by atoms with Crippen LogP contribution in [-0.2, 0) is 7.05 Å². The molecule has 0 bridgehead atoms. The Morgan fingerprint density at radius 2 is 2.00 bits per heavy atom. The first-order valence-corrected chi connectivity index (χ1v) is 7.82. The minimum absolute atomic E-state index is 0.0442. The molecule has 10 heteroatoms. The van der Waals surface area contributed by atoms with Gasteiger partial charge in [0.1, 0.15) is 17.2 Å². The van der Waals surface area contributed by atoms with Crippen molar-refractivity contribution >= 4 is 34.7 Å². The lowest BCUT2D eigenvalue weighted by Crippen LogP contribution is -2.16. The van der Waals surface area contributed by atoms with E-state index < -0.39 is 0 Å². The SMILES string of the molecule is CC(Sc1ncnc2c1cnn2C)c1nc(N)nc(N(C)C)n1. The quantitative estimate of drug-likeness (QED) is 0.553. The van der Waals surface area contributed by atoms with Crippen LogP contribution in [0.4, 0.5) is 11.9 Å². The zero-order valence-corrected chi connectivity index (χ0v) is 14.1. The molecule has 3 heterocycles. The predicted molar refractivity (Wildman–Crippen MR) is 89.1 cm³/mol. The number of thioether (sulfide) groups is 1. The Hall–Kier alpha value is -2.49. The summed E-state index contributed by atoms with van der Waals surface area (Å²) in [5, 5.41) is 5.92. The van der Waals surface area contributed by atoms with Crippen LogP contribution in [0.15, 0.2) is 17.6 Å². The number of anilines is 2. The molecule has 23 heavy (non-hydrogen) atoms. The Morgan fingerprint density at radius 3 is 2.74 bits per heavy atom. The van der Waals surface area contributed by atoms with Gasteiger partial charge in [-0.25, -0.2) is 9.97 Å². The molecule has 3 aromatic heterocycles. The highest BCUT2D eigenvalue weighted by Crippen LogP contribution is 2.35. The number of nitrogen functional groups attached to an aromatic ring is 1. The van der Waals surface area contributed by atoms with E-state index in [1.54, 1.807) is 15.8 Å². The summed E-state index contributed by atoms with van der Waals surface area (Å²) in [6.07, 6.45) is 3.30. The molecule has 0 saturated carbocycles. The maximum absolute atomic E-state index is 5.79. The zero-order valence-electron chi connectivity index (χ0n) is 13.3. The Balaban J connectivity index is 1.93. The number of nitrogens with two attached hydrogens (primary N) is 1. The first-order chi connectivity index (χ1) is 11.0. The summed E-state index contributed by atoms with van der Waals surface area (Å²) < 4.78 is 1.72. The van der Waals surface area contributed by atoms with E-state index in [2.05, 4.69) is 30.0 Å². The van der Waals surface area contributed by atoms with Crippen molar-refractivity contribution in [2.75, 3.05) is 24.7 Å². The average Bonchev–Trinajstić information content (AvgIpc) is 2.89. The van der Waals surface area contributed by atoms with E-state index in [4.69, 9.17) is 5.73 Å². The van der Waals surface area contributed by atoms with Crippen molar-refractivity contribution in [2.45, 2.75) is 17.2 Å². The molecule has 0 aliphatic heterocycles. The van der Waals surface area contributed by atoms with E-state index in [-0.39, 0.29) is 11.2 Å². The number of aryl methyl sites for hydroxylation is 1. The van der Waals surface area contributed by atoms with Crippen molar-refractivity contribution < 1.29 is 0 Å². The van der Waals surface area contributed by atoms with Gasteiger partial charge in [-0.2, -0.15) is 20.1 Å². The molecular weight excluding hydrogens is 314 g/mol. The molecular formula is C13H17N9S. The first kappa shape index (κ1) is 15.4. The molecule has 0 aliphatic rings. The van der Waals surface area contributed by atoms with Crippen LogP contribution < -0.4 is 10.6 Å². The maximum Gasteiger partial charge on any atom is 0.229 e. The molecule has 0 amide bonds. The van der Waals surface area contributed by atoms with Gasteiger partial charge in [0.2, 0.25) is 11.9 Å². The van der Waals surface area contributed by atoms with Crippen molar-refractivity contribution in [1.29, 1.82) is 0 Å². The van der Waals surface area contributed by atoms with Crippen molar-refractivity contribution in [1.82, 2.24) is 34.7 Å². The Kier molecular flexibility index (Phi) is 3.99. The molecule has 1 unspecified atom stereocenters. The van der Waals surface area contributed by atoms with Gasteiger partial charge in [-0.15, -0.1) is 0 Å². The summed E-state index contributed by atoms with van der Waals surface area (Å²) in [4.78, 5) is 23.2. The lowest BCUT2D eigenvalue weighted by Gasteiger charge is -2.14. The van der Waals surface area contributed by atoms with Gasteiger partial charge in [-0.05, 0) is 6.92 Å². The number of aromatic nitrogens is 7. The molecule has 0 aromatic carbocycles. The van der Waals surface area contributed by atoms with Crippen LogP contribution in [0.25, 0.3) is 11.0 Å². The Labute approximate surface area is 137 Å². The normalized spacial score (nSPS) is 12.5. The molecule has 0 radical (unpaired) electrons. The summed E-state index contributed by atoms with van der Waals surface area (Å²) in [7, 11) is 5.57. The minimum Gasteiger partial charge on any atom is -0.368 e. The monoisotopic (exact) mass is 331 g/mol. The number of fused-ring (bicyclic) bond motifs is 1. The van der Waals surface area contributed by atoms with E-state index in [1.165, 1.54) is 18.1 Å². The fourth-order valence-corrected chi connectivity index (χ4v) is 2.96. The van der Waals surface area contributed by atoms with Gasteiger partial charge in [-0.1, -0.05) is 11.8 Å². The molecule has 0 saturated heterocycles. The molecule has 3 rings (SSSR count). The smallest absolute Gasteiger partial charge is 0.229 e. The lowest BCUT2D eigenvalue weighted by atomic mass is 10.4. The minimum atomic E-state index is -0.0442. The fourth-order valence-electron chi connectivity index (χ4n) is 2.03. The van der Waals surface area contributed by atoms with E-state index in [1.807, 2.05) is 28.1 Å². The molecule has 0 spiro atoms. The van der Waals surface area contributed by atoms with Crippen molar-refractivity contribution in [3.05, 3.63) is 18.3 Å². The van der Waals surface area contributed by atoms with E-state index >= 15 is 0 Å². The highest BCUT2D eigenvalue weighted by atomic mass is 32.2. The summed E-state index contributed by atoms with van der Waals surface area (Å²) >= 11 is 1.54. The number of hydrogen-bond acceptors (Lipinski definition) is 9. The second kappa shape index (κ2) is 5.95. The van der Waals surface area contributed by atoms with Gasteiger partial charge in [0, 0.05) is 21.1 Å². The maximum atomic E-state index is 5.79. The molecule has 3 aromatic rings. The second-order valence-electron chi connectivity index (χ2n) is 5.19. The van der Waals surface area contributed by atoms with Gasteiger partial charge >= 0.3 is 0 Å². The van der Waals surface area contributed by atoms with Gasteiger partial charge in [0.15, 0.2) is 5.65 Å². The lowest BCUT2D eigenvalue weighted by molar-refractivity contribution is 0.784. The van der Waals surface area contributed by atoms with Gasteiger partial charge in [0.05, 0.1) is 16.8 Å². The van der Waals surface area contributed by atoms with Crippen LogP contribution in [0.1, 0.15) is 18.0 Å². The van der Waals surface area contributed by atoms with E-state index in [0.717, 1.165) is 16.1 Å². The zero-order chi connectivity index (χ0) is 16.6. The summed E-state index contributed by atoms with van der Waals surface area (Å²) in [6.45, 7) is 2.00.